The normalized spacial score (nSPS) is 15.7. The monoisotopic (exact) mass is 312 g/mol. The molecular formula is C20H24O3. The van der Waals surface area contributed by atoms with Crippen molar-refractivity contribution in [3.63, 3.8) is 0 Å². The van der Waals surface area contributed by atoms with Crippen molar-refractivity contribution in [3.8, 4) is 5.75 Å². The highest BCUT2D eigenvalue weighted by atomic mass is 16.3. The third-order valence-electron chi connectivity index (χ3n) is 4.91. The van der Waals surface area contributed by atoms with Gasteiger partial charge < -0.3 is 9.52 Å². The highest BCUT2D eigenvalue weighted by Crippen LogP contribution is 2.40. The van der Waals surface area contributed by atoms with Crippen molar-refractivity contribution in [2.45, 2.75) is 58.3 Å². The first-order valence-corrected chi connectivity index (χ1v) is 8.48. The average Bonchev–Trinajstić information content (AvgIpc) is 2.87. The summed E-state index contributed by atoms with van der Waals surface area (Å²) in [7, 11) is 0. The molecule has 0 aliphatic heterocycles. The molecule has 1 saturated carbocycles. The first kappa shape index (κ1) is 15.9. The van der Waals surface area contributed by atoms with Gasteiger partial charge in [0.1, 0.15) is 17.3 Å². The second-order valence-electron chi connectivity index (χ2n) is 6.57. The van der Waals surface area contributed by atoms with Gasteiger partial charge in [0.05, 0.1) is 5.56 Å². The summed E-state index contributed by atoms with van der Waals surface area (Å²) in [4.78, 5) is 12.2. The molecule has 23 heavy (non-hydrogen) atoms. The molecule has 1 heterocycles. The van der Waals surface area contributed by atoms with E-state index in [-0.39, 0.29) is 11.5 Å². The molecule has 1 aliphatic carbocycles. The third kappa shape index (κ3) is 3.19. The summed E-state index contributed by atoms with van der Waals surface area (Å²) in [5, 5.41) is 10.0. The summed E-state index contributed by atoms with van der Waals surface area (Å²) < 4.78 is 5.99. The minimum Gasteiger partial charge on any atom is -0.508 e. The van der Waals surface area contributed by atoms with Crippen molar-refractivity contribution < 1.29 is 14.3 Å². The fourth-order valence-electron chi connectivity index (χ4n) is 3.85. The van der Waals surface area contributed by atoms with Gasteiger partial charge in [-0.2, -0.15) is 0 Å². The van der Waals surface area contributed by atoms with Crippen LogP contribution in [0.5, 0.6) is 5.75 Å². The maximum atomic E-state index is 12.2. The number of benzene rings is 1. The maximum Gasteiger partial charge on any atom is 0.163 e. The SMILES string of the molecule is CC(=O)c1c(C)oc(Cc2ccccc2O)c1C1CCCCC1. The van der Waals surface area contributed by atoms with Gasteiger partial charge in [-0.15, -0.1) is 0 Å². The Morgan fingerprint density at radius 2 is 1.91 bits per heavy atom. The van der Waals surface area contributed by atoms with Gasteiger partial charge in [-0.1, -0.05) is 37.5 Å². The van der Waals surface area contributed by atoms with Gasteiger partial charge in [-0.25, -0.2) is 0 Å². The van der Waals surface area contributed by atoms with E-state index in [9.17, 15) is 9.90 Å². The second-order valence-corrected chi connectivity index (χ2v) is 6.57. The summed E-state index contributed by atoms with van der Waals surface area (Å²) in [5.41, 5.74) is 2.70. The van der Waals surface area contributed by atoms with Crippen LogP contribution in [0, 0.1) is 6.92 Å². The van der Waals surface area contributed by atoms with Crippen LogP contribution >= 0.6 is 0 Å². The highest BCUT2D eigenvalue weighted by Gasteiger charge is 2.28. The van der Waals surface area contributed by atoms with E-state index in [0.29, 0.717) is 18.1 Å². The molecule has 1 fully saturated rings. The van der Waals surface area contributed by atoms with E-state index >= 15 is 0 Å². The van der Waals surface area contributed by atoms with Crippen molar-refractivity contribution in [1.29, 1.82) is 0 Å². The molecule has 0 radical (unpaired) electrons. The Kier molecular flexibility index (Phi) is 4.56. The number of rotatable bonds is 4. The quantitative estimate of drug-likeness (QED) is 0.796. The molecule has 1 N–H and O–H groups in total. The molecule has 122 valence electrons. The molecular weight excluding hydrogens is 288 g/mol. The van der Waals surface area contributed by atoms with Gasteiger partial charge in [0.25, 0.3) is 0 Å². The van der Waals surface area contributed by atoms with Crippen LogP contribution in [0.25, 0.3) is 0 Å². The number of hydrogen-bond donors (Lipinski definition) is 1. The maximum absolute atomic E-state index is 12.2. The number of aromatic hydroxyl groups is 1. The molecule has 1 aliphatic rings. The van der Waals surface area contributed by atoms with E-state index in [2.05, 4.69) is 0 Å². The van der Waals surface area contributed by atoms with Crippen molar-refractivity contribution in [2.75, 3.05) is 0 Å². The molecule has 0 spiro atoms. The average molecular weight is 312 g/mol. The van der Waals surface area contributed by atoms with Gasteiger partial charge in [-0.3, -0.25) is 4.79 Å². The van der Waals surface area contributed by atoms with E-state index in [1.54, 1.807) is 13.0 Å². The van der Waals surface area contributed by atoms with Crippen LogP contribution in [-0.2, 0) is 6.42 Å². The Morgan fingerprint density at radius 1 is 1.22 bits per heavy atom. The molecule has 0 amide bonds. The van der Waals surface area contributed by atoms with Crippen LogP contribution in [0.1, 0.15) is 78.0 Å². The molecule has 0 unspecified atom stereocenters. The lowest BCUT2D eigenvalue weighted by atomic mass is 9.81. The predicted octanol–water partition coefficient (Wildman–Crippen LogP) is 5.13. The Balaban J connectivity index is 2.03. The lowest BCUT2D eigenvalue weighted by Gasteiger charge is -2.22. The lowest BCUT2D eigenvalue weighted by Crippen LogP contribution is -2.10. The number of para-hydroxylation sites is 1. The fourth-order valence-corrected chi connectivity index (χ4v) is 3.85. The molecule has 3 rings (SSSR count). The smallest absolute Gasteiger partial charge is 0.163 e. The largest absolute Gasteiger partial charge is 0.508 e. The number of ketones is 1. The number of hydrogen-bond acceptors (Lipinski definition) is 3. The minimum absolute atomic E-state index is 0.0790. The number of phenolic OH excluding ortho intramolecular Hbond substituents is 1. The van der Waals surface area contributed by atoms with E-state index in [4.69, 9.17) is 4.42 Å². The Morgan fingerprint density at radius 3 is 2.57 bits per heavy atom. The van der Waals surface area contributed by atoms with Crippen LogP contribution < -0.4 is 0 Å². The zero-order chi connectivity index (χ0) is 16.4. The van der Waals surface area contributed by atoms with Crippen LogP contribution in [0.3, 0.4) is 0 Å². The van der Waals surface area contributed by atoms with Crippen LogP contribution in [0.4, 0.5) is 0 Å². The number of aryl methyl sites for hydroxylation is 1. The van der Waals surface area contributed by atoms with Crippen molar-refractivity contribution >= 4 is 5.78 Å². The van der Waals surface area contributed by atoms with Crippen molar-refractivity contribution in [2.24, 2.45) is 0 Å². The third-order valence-corrected chi connectivity index (χ3v) is 4.91. The molecule has 0 saturated heterocycles. The van der Waals surface area contributed by atoms with E-state index in [1.807, 2.05) is 25.1 Å². The summed E-state index contributed by atoms with van der Waals surface area (Å²) in [6, 6.07) is 7.33. The minimum atomic E-state index is 0.0790. The molecule has 0 bridgehead atoms. The Labute approximate surface area is 137 Å². The molecule has 0 atom stereocenters. The fraction of sp³-hybridized carbons (Fsp3) is 0.450. The van der Waals surface area contributed by atoms with Crippen molar-refractivity contribution in [1.82, 2.24) is 0 Å². The first-order valence-electron chi connectivity index (χ1n) is 8.48. The van der Waals surface area contributed by atoms with E-state index < -0.39 is 0 Å². The standard InChI is InChI=1S/C20H24O3/c1-13(21)19-14(2)23-18(12-16-10-6-7-11-17(16)22)20(19)15-8-4-3-5-9-15/h6-7,10-11,15,22H,3-5,8-9,12H2,1-2H3. The van der Waals surface area contributed by atoms with Crippen LogP contribution in [-0.4, -0.2) is 10.9 Å². The van der Waals surface area contributed by atoms with E-state index in [1.165, 1.54) is 19.3 Å². The highest BCUT2D eigenvalue weighted by molar-refractivity contribution is 5.97. The van der Waals surface area contributed by atoms with Crippen LogP contribution in [0.2, 0.25) is 0 Å². The summed E-state index contributed by atoms with van der Waals surface area (Å²) in [5.74, 6) is 2.32. The van der Waals surface area contributed by atoms with Gasteiger partial charge in [0.2, 0.25) is 0 Å². The van der Waals surface area contributed by atoms with E-state index in [0.717, 1.165) is 35.3 Å². The number of Topliss-reactive ketones (excluding diaryl/α,β-unsaturated/α-hetero) is 1. The van der Waals surface area contributed by atoms with Crippen LogP contribution in [0.15, 0.2) is 28.7 Å². The van der Waals surface area contributed by atoms with Gasteiger partial charge >= 0.3 is 0 Å². The second kappa shape index (κ2) is 6.61. The first-order chi connectivity index (χ1) is 11.1. The molecule has 3 heteroatoms. The summed E-state index contributed by atoms with van der Waals surface area (Å²) >= 11 is 0. The predicted molar refractivity (Wildman–Crippen MR) is 90.2 cm³/mol. The van der Waals surface area contributed by atoms with Gasteiger partial charge in [0.15, 0.2) is 5.78 Å². The number of phenols is 1. The Bertz CT molecular complexity index is 706. The lowest BCUT2D eigenvalue weighted by molar-refractivity contribution is 0.101. The number of furan rings is 1. The van der Waals surface area contributed by atoms with Gasteiger partial charge in [-0.05, 0) is 38.7 Å². The summed E-state index contributed by atoms with van der Waals surface area (Å²) in [6.45, 7) is 3.49. The Hall–Kier alpha value is -2.03. The molecule has 1 aromatic heterocycles. The topological polar surface area (TPSA) is 50.4 Å². The number of carbonyl (C=O) groups excluding carboxylic acids is 1. The van der Waals surface area contributed by atoms with Gasteiger partial charge in [0, 0.05) is 17.5 Å². The molecule has 2 aromatic rings. The zero-order valence-corrected chi connectivity index (χ0v) is 13.9. The zero-order valence-electron chi connectivity index (χ0n) is 13.9. The van der Waals surface area contributed by atoms with Crippen molar-refractivity contribution in [3.05, 3.63) is 52.5 Å². The molecule has 3 nitrogen and oxygen atoms in total. The summed E-state index contributed by atoms with van der Waals surface area (Å²) in [6.07, 6.45) is 6.47. The number of carbonyl (C=O) groups is 1. The molecule has 1 aromatic carbocycles.